The van der Waals surface area contributed by atoms with Gasteiger partial charge in [0.2, 0.25) is 0 Å². The van der Waals surface area contributed by atoms with E-state index in [2.05, 4.69) is 28.9 Å². The summed E-state index contributed by atoms with van der Waals surface area (Å²) in [4.78, 5) is 6.72. The molecular weight excluding hydrogens is 248 g/mol. The zero-order chi connectivity index (χ0) is 13.9. The van der Waals surface area contributed by atoms with Crippen molar-refractivity contribution < 1.29 is 4.42 Å². The third-order valence-corrected chi connectivity index (χ3v) is 4.24. The molecule has 1 aliphatic heterocycles. The van der Waals surface area contributed by atoms with Gasteiger partial charge in [-0.2, -0.15) is 0 Å². The van der Waals surface area contributed by atoms with Crippen molar-refractivity contribution in [2.45, 2.75) is 32.1 Å². The molecule has 0 amide bonds. The number of aryl methyl sites for hydroxylation is 1. The van der Waals surface area contributed by atoms with E-state index < -0.39 is 0 Å². The second-order valence-corrected chi connectivity index (χ2v) is 5.88. The second kappa shape index (κ2) is 5.80. The lowest BCUT2D eigenvalue weighted by Crippen LogP contribution is -2.45. The number of aromatic nitrogens is 1. The number of furan rings is 1. The van der Waals surface area contributed by atoms with E-state index in [4.69, 9.17) is 4.42 Å². The largest absolute Gasteiger partial charge is 0.466 e. The number of hydrogen-bond donors (Lipinski definition) is 0. The molecule has 3 heterocycles. The van der Waals surface area contributed by atoms with Crippen molar-refractivity contribution in [3.05, 3.63) is 53.7 Å². The van der Waals surface area contributed by atoms with Crippen LogP contribution in [0.1, 0.15) is 42.3 Å². The Morgan fingerprint density at radius 3 is 2.85 bits per heavy atom. The lowest BCUT2D eigenvalue weighted by molar-refractivity contribution is 0.142. The van der Waals surface area contributed by atoms with E-state index in [-0.39, 0.29) is 0 Å². The first-order valence-electron chi connectivity index (χ1n) is 7.41. The Bertz CT molecular complexity index is 543. The summed E-state index contributed by atoms with van der Waals surface area (Å²) in [6.45, 7) is 7.73. The molecule has 0 N–H and O–H groups in total. The highest BCUT2D eigenvalue weighted by molar-refractivity contribution is 5.18. The first-order valence-corrected chi connectivity index (χ1v) is 7.41. The summed E-state index contributed by atoms with van der Waals surface area (Å²) >= 11 is 0. The Morgan fingerprint density at radius 2 is 2.20 bits per heavy atom. The molecule has 0 aliphatic carbocycles. The lowest BCUT2D eigenvalue weighted by atomic mass is 9.92. The van der Waals surface area contributed by atoms with Gasteiger partial charge in [0, 0.05) is 37.3 Å². The molecule has 1 saturated heterocycles. The molecular formula is C17H22N2O. The predicted octanol–water partition coefficient (Wildman–Crippen LogP) is 3.58. The van der Waals surface area contributed by atoms with Gasteiger partial charge in [-0.15, -0.1) is 0 Å². The molecule has 3 rings (SSSR count). The van der Waals surface area contributed by atoms with E-state index in [1.54, 1.807) is 0 Å². The third-order valence-electron chi connectivity index (χ3n) is 4.24. The normalized spacial score (nSPS) is 17.9. The summed E-state index contributed by atoms with van der Waals surface area (Å²) < 4.78 is 5.69. The molecule has 0 saturated carbocycles. The molecule has 1 unspecified atom stereocenters. The van der Waals surface area contributed by atoms with Crippen LogP contribution in [0.5, 0.6) is 0 Å². The third kappa shape index (κ3) is 2.93. The highest BCUT2D eigenvalue weighted by Gasteiger charge is 2.28. The van der Waals surface area contributed by atoms with Crippen LogP contribution in [-0.2, 0) is 0 Å². The molecule has 0 radical (unpaired) electrons. The van der Waals surface area contributed by atoms with E-state index in [0.717, 1.165) is 37.6 Å². The van der Waals surface area contributed by atoms with Gasteiger partial charge in [0.15, 0.2) is 0 Å². The van der Waals surface area contributed by atoms with Crippen LogP contribution in [0, 0.1) is 6.92 Å². The van der Waals surface area contributed by atoms with Crippen LogP contribution in [-0.4, -0.2) is 29.5 Å². The fourth-order valence-electron chi connectivity index (χ4n) is 2.82. The van der Waals surface area contributed by atoms with Crippen LogP contribution in [0.25, 0.3) is 0 Å². The maximum atomic E-state index is 5.69. The van der Waals surface area contributed by atoms with Crippen molar-refractivity contribution in [1.29, 1.82) is 0 Å². The molecule has 0 spiro atoms. The van der Waals surface area contributed by atoms with Crippen LogP contribution in [0.4, 0.5) is 0 Å². The summed E-state index contributed by atoms with van der Waals surface area (Å²) in [6.07, 6.45) is 5.00. The van der Waals surface area contributed by atoms with Crippen molar-refractivity contribution in [2.24, 2.45) is 0 Å². The van der Waals surface area contributed by atoms with Gasteiger partial charge in [-0.05, 0) is 43.7 Å². The van der Waals surface area contributed by atoms with Crippen LogP contribution < -0.4 is 0 Å². The van der Waals surface area contributed by atoms with E-state index in [9.17, 15) is 0 Å². The Kier molecular flexibility index (Phi) is 3.88. The van der Waals surface area contributed by atoms with Gasteiger partial charge in [0.05, 0.1) is 0 Å². The molecule has 0 aromatic carbocycles. The molecule has 1 atom stereocenters. The van der Waals surface area contributed by atoms with Crippen molar-refractivity contribution in [2.75, 3.05) is 19.6 Å². The first kappa shape index (κ1) is 13.4. The van der Waals surface area contributed by atoms with Gasteiger partial charge in [-0.3, -0.25) is 4.98 Å². The summed E-state index contributed by atoms with van der Waals surface area (Å²) in [5.41, 5.74) is 1.37. The average Bonchev–Trinajstić information content (AvgIpc) is 2.85. The van der Waals surface area contributed by atoms with Crippen molar-refractivity contribution in [3.63, 3.8) is 0 Å². The molecule has 106 valence electrons. The fraction of sp³-hybridized carbons (Fsp3) is 0.471. The number of nitrogens with zero attached hydrogens (tertiary/aromatic N) is 2. The number of hydrogen-bond acceptors (Lipinski definition) is 3. The van der Waals surface area contributed by atoms with E-state index in [1.165, 1.54) is 5.56 Å². The molecule has 2 aromatic rings. The van der Waals surface area contributed by atoms with E-state index >= 15 is 0 Å². The smallest absolute Gasteiger partial charge is 0.107 e. The standard InChI is InChI=1S/C17H22N2O/c1-13(17-6-5-14(2)20-17)7-9-19-11-16(12-19)15-4-3-8-18-10-15/h3-6,8,10,13,16H,7,9,11-12H2,1-2H3. The second-order valence-electron chi connectivity index (χ2n) is 5.88. The Hall–Kier alpha value is -1.61. The zero-order valence-electron chi connectivity index (χ0n) is 12.2. The first-order chi connectivity index (χ1) is 9.72. The molecule has 3 heteroatoms. The highest BCUT2D eigenvalue weighted by atomic mass is 16.3. The van der Waals surface area contributed by atoms with Gasteiger partial charge >= 0.3 is 0 Å². The lowest BCUT2D eigenvalue weighted by Gasteiger charge is -2.39. The number of likely N-dealkylation sites (tertiary alicyclic amines) is 1. The van der Waals surface area contributed by atoms with E-state index in [1.807, 2.05) is 31.5 Å². The maximum Gasteiger partial charge on any atom is 0.107 e. The fourth-order valence-corrected chi connectivity index (χ4v) is 2.82. The molecule has 1 aliphatic rings. The highest BCUT2D eigenvalue weighted by Crippen LogP contribution is 2.28. The minimum Gasteiger partial charge on any atom is -0.466 e. The van der Waals surface area contributed by atoms with Crippen LogP contribution in [0.3, 0.4) is 0 Å². The van der Waals surface area contributed by atoms with Gasteiger partial charge in [0.1, 0.15) is 11.5 Å². The predicted molar refractivity (Wildman–Crippen MR) is 79.9 cm³/mol. The summed E-state index contributed by atoms with van der Waals surface area (Å²) in [5, 5.41) is 0. The van der Waals surface area contributed by atoms with Crippen LogP contribution >= 0.6 is 0 Å². The number of pyridine rings is 1. The summed E-state index contributed by atoms with van der Waals surface area (Å²) in [6, 6.07) is 8.37. The van der Waals surface area contributed by atoms with Gasteiger partial charge < -0.3 is 9.32 Å². The van der Waals surface area contributed by atoms with Crippen molar-refractivity contribution >= 4 is 0 Å². The summed E-state index contributed by atoms with van der Waals surface area (Å²) in [7, 11) is 0. The van der Waals surface area contributed by atoms with Crippen molar-refractivity contribution in [1.82, 2.24) is 9.88 Å². The molecule has 20 heavy (non-hydrogen) atoms. The maximum absolute atomic E-state index is 5.69. The number of rotatable bonds is 5. The van der Waals surface area contributed by atoms with Gasteiger partial charge in [-0.25, -0.2) is 0 Å². The van der Waals surface area contributed by atoms with Crippen molar-refractivity contribution in [3.8, 4) is 0 Å². The molecule has 1 fully saturated rings. The SMILES string of the molecule is Cc1ccc(C(C)CCN2CC(c3cccnc3)C2)o1. The Balaban J connectivity index is 1.43. The van der Waals surface area contributed by atoms with Crippen LogP contribution in [0.15, 0.2) is 41.1 Å². The zero-order valence-corrected chi connectivity index (χ0v) is 12.2. The van der Waals surface area contributed by atoms with E-state index in [0.29, 0.717) is 11.8 Å². The topological polar surface area (TPSA) is 29.3 Å². The molecule has 2 aromatic heterocycles. The minimum absolute atomic E-state index is 0.501. The molecule has 3 nitrogen and oxygen atoms in total. The summed E-state index contributed by atoms with van der Waals surface area (Å²) in [5.74, 6) is 3.30. The quantitative estimate of drug-likeness (QED) is 0.831. The van der Waals surface area contributed by atoms with Gasteiger partial charge in [0.25, 0.3) is 0 Å². The van der Waals surface area contributed by atoms with Gasteiger partial charge in [-0.1, -0.05) is 13.0 Å². The average molecular weight is 270 g/mol. The monoisotopic (exact) mass is 270 g/mol. The van der Waals surface area contributed by atoms with Crippen LogP contribution in [0.2, 0.25) is 0 Å². The Labute approximate surface area is 120 Å². The Morgan fingerprint density at radius 1 is 1.35 bits per heavy atom. The minimum atomic E-state index is 0.501. The molecule has 0 bridgehead atoms.